The predicted octanol–water partition coefficient (Wildman–Crippen LogP) is 7.32. The third-order valence-corrected chi connectivity index (χ3v) is 6.40. The van der Waals surface area contributed by atoms with Crippen molar-refractivity contribution in [2.24, 2.45) is 0 Å². The molecular weight excluding hydrogens is 452 g/mol. The number of aryl methyl sites for hydroxylation is 1. The molecular formula is C31H20O5. The largest absolute Gasteiger partial charge is 0.508 e. The van der Waals surface area contributed by atoms with Gasteiger partial charge >= 0.3 is 0 Å². The number of phenolic OH excluding ortho intramolecular Hbond substituents is 1. The number of ketones is 2. The molecule has 0 fully saturated rings. The molecule has 2 heterocycles. The number of carbonyl (C=O) groups is 2. The fourth-order valence-electron chi connectivity index (χ4n) is 4.58. The van der Waals surface area contributed by atoms with Crippen molar-refractivity contribution in [3.05, 3.63) is 125 Å². The van der Waals surface area contributed by atoms with E-state index in [1.54, 1.807) is 30.3 Å². The number of furan rings is 2. The summed E-state index contributed by atoms with van der Waals surface area (Å²) in [6.45, 7) is 1.86. The van der Waals surface area contributed by atoms with Crippen LogP contribution in [0.4, 0.5) is 0 Å². The molecule has 174 valence electrons. The van der Waals surface area contributed by atoms with E-state index in [0.717, 1.165) is 16.5 Å². The Labute approximate surface area is 206 Å². The number of hydrogen-bond acceptors (Lipinski definition) is 5. The quantitative estimate of drug-likeness (QED) is 0.266. The Balaban J connectivity index is 1.63. The second-order valence-electron chi connectivity index (χ2n) is 8.61. The van der Waals surface area contributed by atoms with E-state index in [-0.39, 0.29) is 28.8 Å². The molecule has 0 aliphatic carbocycles. The highest BCUT2D eigenvalue weighted by Crippen LogP contribution is 2.42. The predicted molar refractivity (Wildman–Crippen MR) is 138 cm³/mol. The van der Waals surface area contributed by atoms with Crippen LogP contribution in [0.25, 0.3) is 33.1 Å². The lowest BCUT2D eigenvalue weighted by Crippen LogP contribution is -2.01. The summed E-state index contributed by atoms with van der Waals surface area (Å²) >= 11 is 0. The van der Waals surface area contributed by atoms with E-state index in [9.17, 15) is 14.7 Å². The first-order chi connectivity index (χ1) is 17.5. The number of carbonyl (C=O) groups excluding carboxylic acids is 2. The minimum atomic E-state index is -0.318. The molecule has 0 radical (unpaired) electrons. The topological polar surface area (TPSA) is 80.7 Å². The van der Waals surface area contributed by atoms with E-state index in [0.29, 0.717) is 33.2 Å². The van der Waals surface area contributed by atoms with Crippen molar-refractivity contribution in [1.29, 1.82) is 0 Å². The molecule has 5 heteroatoms. The molecule has 0 aliphatic heterocycles. The highest BCUT2D eigenvalue weighted by atomic mass is 16.4. The average Bonchev–Trinajstić information content (AvgIpc) is 3.47. The summed E-state index contributed by atoms with van der Waals surface area (Å²) in [5.41, 5.74) is 4.02. The molecule has 0 aliphatic rings. The Morgan fingerprint density at radius 1 is 0.667 bits per heavy atom. The van der Waals surface area contributed by atoms with E-state index in [4.69, 9.17) is 8.83 Å². The Morgan fingerprint density at radius 3 is 1.97 bits per heavy atom. The minimum absolute atomic E-state index is 0.0721. The van der Waals surface area contributed by atoms with Gasteiger partial charge in [-0.05, 0) is 48.9 Å². The molecule has 1 N–H and O–H groups in total. The van der Waals surface area contributed by atoms with Crippen LogP contribution in [0.15, 0.2) is 106 Å². The third kappa shape index (κ3) is 3.41. The van der Waals surface area contributed by atoms with Crippen LogP contribution in [0.2, 0.25) is 0 Å². The monoisotopic (exact) mass is 472 g/mol. The van der Waals surface area contributed by atoms with Crippen molar-refractivity contribution >= 4 is 33.5 Å². The molecule has 5 nitrogen and oxygen atoms in total. The lowest BCUT2D eigenvalue weighted by Gasteiger charge is -2.04. The van der Waals surface area contributed by atoms with E-state index in [1.807, 2.05) is 61.5 Å². The SMILES string of the molecule is Cc1c(C(=O)c2ccccc2)oc2c1ccc1oc(C(=O)c3ccc(O)cc3)c(-c3ccccc3)c12. The molecule has 0 unspecified atom stereocenters. The van der Waals surface area contributed by atoms with Gasteiger partial charge in [-0.15, -0.1) is 0 Å². The lowest BCUT2D eigenvalue weighted by atomic mass is 9.96. The van der Waals surface area contributed by atoms with Crippen LogP contribution in [0.1, 0.15) is 37.8 Å². The van der Waals surface area contributed by atoms with Gasteiger partial charge in [0.15, 0.2) is 11.5 Å². The highest BCUT2D eigenvalue weighted by Gasteiger charge is 2.28. The van der Waals surface area contributed by atoms with Crippen LogP contribution in [-0.2, 0) is 0 Å². The molecule has 6 rings (SSSR count). The molecule has 4 aromatic carbocycles. The molecule has 0 bridgehead atoms. The molecule has 0 spiro atoms. The number of phenols is 1. The molecule has 36 heavy (non-hydrogen) atoms. The summed E-state index contributed by atoms with van der Waals surface area (Å²) in [5.74, 6) is -0.0258. The number of hydrogen-bond donors (Lipinski definition) is 1. The fourth-order valence-corrected chi connectivity index (χ4v) is 4.58. The molecule has 0 atom stereocenters. The van der Waals surface area contributed by atoms with Crippen molar-refractivity contribution in [2.75, 3.05) is 0 Å². The molecule has 0 amide bonds. The fraction of sp³-hybridized carbons (Fsp3) is 0.0323. The van der Waals surface area contributed by atoms with E-state index < -0.39 is 0 Å². The summed E-state index contributed by atoms with van der Waals surface area (Å²) in [6.07, 6.45) is 0. The van der Waals surface area contributed by atoms with Gasteiger partial charge in [-0.2, -0.15) is 0 Å². The zero-order valence-electron chi connectivity index (χ0n) is 19.3. The van der Waals surface area contributed by atoms with Gasteiger partial charge in [0, 0.05) is 27.6 Å². The summed E-state index contributed by atoms with van der Waals surface area (Å²) in [4.78, 5) is 26.8. The smallest absolute Gasteiger partial charge is 0.228 e. The van der Waals surface area contributed by atoms with Crippen LogP contribution >= 0.6 is 0 Å². The normalized spacial score (nSPS) is 11.2. The maximum atomic E-state index is 13.6. The second-order valence-corrected chi connectivity index (χ2v) is 8.61. The van der Waals surface area contributed by atoms with Crippen LogP contribution in [0.3, 0.4) is 0 Å². The molecule has 0 saturated carbocycles. The van der Waals surface area contributed by atoms with Gasteiger partial charge in [0.2, 0.25) is 11.6 Å². The van der Waals surface area contributed by atoms with Crippen LogP contribution < -0.4 is 0 Å². The van der Waals surface area contributed by atoms with Crippen molar-refractivity contribution in [1.82, 2.24) is 0 Å². The Bertz CT molecular complexity index is 1760. The lowest BCUT2D eigenvalue weighted by molar-refractivity contribution is 0.100. The zero-order chi connectivity index (χ0) is 24.8. The van der Waals surface area contributed by atoms with Gasteiger partial charge in [0.25, 0.3) is 0 Å². The van der Waals surface area contributed by atoms with Crippen molar-refractivity contribution in [2.45, 2.75) is 6.92 Å². The zero-order valence-corrected chi connectivity index (χ0v) is 19.3. The third-order valence-electron chi connectivity index (χ3n) is 6.40. The second kappa shape index (κ2) is 8.40. The van der Waals surface area contributed by atoms with Gasteiger partial charge in [0.1, 0.15) is 16.9 Å². The van der Waals surface area contributed by atoms with Crippen molar-refractivity contribution in [3.8, 4) is 16.9 Å². The summed E-state index contributed by atoms with van der Waals surface area (Å²) in [6, 6.07) is 28.2. The van der Waals surface area contributed by atoms with Crippen molar-refractivity contribution in [3.63, 3.8) is 0 Å². The summed E-state index contributed by atoms with van der Waals surface area (Å²) in [7, 11) is 0. The number of benzene rings is 4. The number of aromatic hydroxyl groups is 1. The highest BCUT2D eigenvalue weighted by molar-refractivity contribution is 6.21. The first kappa shape index (κ1) is 21.6. The summed E-state index contributed by atoms with van der Waals surface area (Å²) < 4.78 is 12.4. The Kier molecular flexibility index (Phi) is 5.04. The number of rotatable bonds is 5. The van der Waals surface area contributed by atoms with Crippen LogP contribution in [0.5, 0.6) is 5.75 Å². The Hall–Kier alpha value is -4.90. The van der Waals surface area contributed by atoms with Gasteiger partial charge in [0.05, 0.1) is 5.39 Å². The number of fused-ring (bicyclic) bond motifs is 3. The molecule has 6 aromatic rings. The molecule has 0 saturated heterocycles. The summed E-state index contributed by atoms with van der Waals surface area (Å²) in [5, 5.41) is 11.1. The van der Waals surface area contributed by atoms with E-state index >= 15 is 0 Å². The van der Waals surface area contributed by atoms with Crippen LogP contribution in [0, 0.1) is 6.92 Å². The first-order valence-corrected chi connectivity index (χ1v) is 11.5. The van der Waals surface area contributed by atoms with Gasteiger partial charge in [-0.3, -0.25) is 9.59 Å². The van der Waals surface area contributed by atoms with Gasteiger partial charge in [-0.1, -0.05) is 60.7 Å². The molecule has 2 aromatic heterocycles. The van der Waals surface area contributed by atoms with E-state index in [2.05, 4.69) is 0 Å². The van der Waals surface area contributed by atoms with Gasteiger partial charge in [-0.25, -0.2) is 0 Å². The maximum absolute atomic E-state index is 13.6. The van der Waals surface area contributed by atoms with E-state index in [1.165, 1.54) is 12.1 Å². The first-order valence-electron chi connectivity index (χ1n) is 11.5. The minimum Gasteiger partial charge on any atom is -0.508 e. The standard InChI is InChI=1S/C31H20O5/c1-18-23-16-17-24-26(30(23)36-29(18)27(33)20-10-6-3-7-11-20)25(19-8-4-2-5-9-19)31(35-24)28(34)21-12-14-22(32)15-13-21/h2-17,32H,1H3. The average molecular weight is 472 g/mol. The van der Waals surface area contributed by atoms with Crippen LogP contribution in [-0.4, -0.2) is 16.7 Å². The maximum Gasteiger partial charge on any atom is 0.228 e. The van der Waals surface area contributed by atoms with Gasteiger partial charge < -0.3 is 13.9 Å². The Morgan fingerprint density at radius 2 is 1.28 bits per heavy atom. The van der Waals surface area contributed by atoms with Crippen molar-refractivity contribution < 1.29 is 23.5 Å².